The summed E-state index contributed by atoms with van der Waals surface area (Å²) in [6.07, 6.45) is 0.172. The van der Waals surface area contributed by atoms with Gasteiger partial charge in [-0.05, 0) is 6.92 Å². The summed E-state index contributed by atoms with van der Waals surface area (Å²) in [4.78, 5) is 30.2. The maximum absolute atomic E-state index is 12.5. The van der Waals surface area contributed by atoms with Crippen LogP contribution < -0.4 is 0 Å². The van der Waals surface area contributed by atoms with Crippen LogP contribution in [0.25, 0.3) is 0 Å². The Morgan fingerprint density at radius 3 is 3.05 bits per heavy atom. The first-order valence-corrected chi connectivity index (χ1v) is 7.56. The predicted octanol–water partition coefficient (Wildman–Crippen LogP) is 1.12. The highest BCUT2D eigenvalue weighted by Gasteiger charge is 2.38. The second-order valence-corrected chi connectivity index (χ2v) is 5.91. The number of Topliss-reactive ketones (excluding diaryl/α,β-unsaturated/α-hetero) is 1. The summed E-state index contributed by atoms with van der Waals surface area (Å²) >= 11 is 1.31. The number of ether oxygens (including phenoxy) is 1. The Balaban J connectivity index is 2.06. The number of aromatic nitrogens is 1. The van der Waals surface area contributed by atoms with Crippen molar-refractivity contribution in [3.8, 4) is 6.07 Å². The molecule has 0 bridgehead atoms. The van der Waals surface area contributed by atoms with Crippen molar-refractivity contribution >= 4 is 23.0 Å². The smallest absolute Gasteiger partial charge is 0.223 e. The topological polar surface area (TPSA) is 83.3 Å². The molecule has 0 radical (unpaired) electrons. The van der Waals surface area contributed by atoms with E-state index in [4.69, 9.17) is 4.74 Å². The summed E-state index contributed by atoms with van der Waals surface area (Å²) in [5.74, 6) is -1.57. The van der Waals surface area contributed by atoms with Crippen LogP contribution in [-0.2, 0) is 14.3 Å². The average molecular weight is 307 g/mol. The van der Waals surface area contributed by atoms with Gasteiger partial charge >= 0.3 is 0 Å². The molecule has 6 nitrogen and oxygen atoms in total. The average Bonchev–Trinajstić information content (AvgIpc) is 3.04. The second kappa shape index (κ2) is 6.78. The molecule has 1 aromatic rings. The van der Waals surface area contributed by atoms with Crippen LogP contribution in [0.2, 0.25) is 0 Å². The lowest BCUT2D eigenvalue weighted by Gasteiger charge is -2.16. The number of aryl methyl sites for hydroxylation is 1. The number of methoxy groups -OCH3 is 1. The fourth-order valence-electron chi connectivity index (χ4n) is 2.36. The molecule has 1 aliphatic rings. The van der Waals surface area contributed by atoms with Crippen LogP contribution in [0.3, 0.4) is 0 Å². The van der Waals surface area contributed by atoms with Crippen molar-refractivity contribution in [2.75, 3.05) is 26.8 Å². The normalized spacial score (nSPS) is 19.6. The molecule has 112 valence electrons. The van der Waals surface area contributed by atoms with Crippen molar-refractivity contribution in [3.63, 3.8) is 0 Å². The van der Waals surface area contributed by atoms with Gasteiger partial charge in [-0.25, -0.2) is 4.98 Å². The van der Waals surface area contributed by atoms with Gasteiger partial charge in [-0.15, -0.1) is 11.3 Å². The van der Waals surface area contributed by atoms with Crippen LogP contribution in [0.1, 0.15) is 23.0 Å². The summed E-state index contributed by atoms with van der Waals surface area (Å²) in [7, 11) is 1.57. The first-order valence-electron chi connectivity index (χ1n) is 6.69. The fourth-order valence-corrected chi connectivity index (χ4v) is 3.21. The molecule has 0 aromatic carbocycles. The number of nitriles is 1. The molecule has 2 rings (SSSR count). The Hall–Kier alpha value is -1.78. The van der Waals surface area contributed by atoms with E-state index in [9.17, 15) is 14.9 Å². The van der Waals surface area contributed by atoms with Crippen molar-refractivity contribution in [1.82, 2.24) is 9.88 Å². The Morgan fingerprint density at radius 2 is 2.48 bits per heavy atom. The van der Waals surface area contributed by atoms with Gasteiger partial charge in [0, 0.05) is 43.6 Å². The molecule has 2 heterocycles. The van der Waals surface area contributed by atoms with Crippen molar-refractivity contribution in [2.45, 2.75) is 19.3 Å². The number of carbonyl (C=O) groups excluding carboxylic acids is 2. The maximum Gasteiger partial charge on any atom is 0.223 e. The largest absolute Gasteiger partial charge is 0.383 e. The van der Waals surface area contributed by atoms with Gasteiger partial charge < -0.3 is 9.64 Å². The van der Waals surface area contributed by atoms with Crippen LogP contribution in [0.4, 0.5) is 0 Å². The van der Waals surface area contributed by atoms with Gasteiger partial charge in [-0.3, -0.25) is 9.59 Å². The molecule has 7 heteroatoms. The molecule has 1 fully saturated rings. The Kier molecular flexibility index (Phi) is 5.04. The predicted molar refractivity (Wildman–Crippen MR) is 76.8 cm³/mol. The molecule has 0 aliphatic carbocycles. The zero-order valence-electron chi connectivity index (χ0n) is 12.0. The number of likely N-dealkylation sites (tertiary alicyclic amines) is 1. The van der Waals surface area contributed by atoms with Gasteiger partial charge in [-0.1, -0.05) is 0 Å². The Labute approximate surface area is 127 Å². The molecule has 1 aliphatic heterocycles. The minimum Gasteiger partial charge on any atom is -0.383 e. The summed E-state index contributed by atoms with van der Waals surface area (Å²) in [6, 6.07) is 2.03. The SMILES string of the molecule is COCCN1C[C@@H](C(=O)[C@H](C#N)c2nc(C)cs2)CC1=O. The summed E-state index contributed by atoms with van der Waals surface area (Å²) < 4.78 is 4.95. The van der Waals surface area contributed by atoms with Crippen molar-refractivity contribution in [2.24, 2.45) is 5.92 Å². The molecule has 1 aromatic heterocycles. The van der Waals surface area contributed by atoms with Crippen molar-refractivity contribution < 1.29 is 14.3 Å². The third-order valence-electron chi connectivity index (χ3n) is 3.48. The molecular weight excluding hydrogens is 290 g/mol. The summed E-state index contributed by atoms with van der Waals surface area (Å²) in [5, 5.41) is 11.6. The Morgan fingerprint density at radius 1 is 1.71 bits per heavy atom. The molecule has 2 atom stereocenters. The number of amides is 1. The quantitative estimate of drug-likeness (QED) is 0.786. The van der Waals surface area contributed by atoms with E-state index in [1.807, 2.05) is 18.4 Å². The van der Waals surface area contributed by atoms with Crippen LogP contribution in [-0.4, -0.2) is 48.4 Å². The minimum atomic E-state index is -0.871. The van der Waals surface area contributed by atoms with Gasteiger partial charge in [0.1, 0.15) is 5.01 Å². The highest BCUT2D eigenvalue weighted by atomic mass is 32.1. The van der Waals surface area contributed by atoms with E-state index in [0.717, 1.165) is 5.69 Å². The van der Waals surface area contributed by atoms with E-state index in [2.05, 4.69) is 4.98 Å². The number of hydrogen-bond donors (Lipinski definition) is 0. The number of carbonyl (C=O) groups is 2. The summed E-state index contributed by atoms with van der Waals surface area (Å²) in [5.41, 5.74) is 0.798. The van der Waals surface area contributed by atoms with Crippen LogP contribution in [0.15, 0.2) is 5.38 Å². The molecule has 1 amide bonds. The summed E-state index contributed by atoms with van der Waals surface area (Å²) in [6.45, 7) is 3.11. The zero-order chi connectivity index (χ0) is 15.4. The number of hydrogen-bond acceptors (Lipinski definition) is 6. The van der Waals surface area contributed by atoms with Gasteiger partial charge in [0.05, 0.1) is 12.7 Å². The van der Waals surface area contributed by atoms with Crippen molar-refractivity contribution in [1.29, 1.82) is 5.26 Å². The minimum absolute atomic E-state index is 0.0580. The highest BCUT2D eigenvalue weighted by molar-refractivity contribution is 7.09. The standard InChI is InChI=1S/C14H17N3O3S/c1-9-8-21-14(16-9)11(6-15)13(19)10-5-12(18)17(7-10)3-4-20-2/h8,10-11H,3-5,7H2,1-2H3/t10-,11-/m0/s1. The van der Waals surface area contributed by atoms with Gasteiger partial charge in [0.15, 0.2) is 11.7 Å². The van der Waals surface area contributed by atoms with E-state index in [1.165, 1.54) is 11.3 Å². The fraction of sp³-hybridized carbons (Fsp3) is 0.571. The Bertz CT molecular complexity index is 578. The third-order valence-corrected chi connectivity index (χ3v) is 4.51. The molecule has 0 unspecified atom stereocenters. The van der Waals surface area contributed by atoms with E-state index < -0.39 is 11.8 Å². The van der Waals surface area contributed by atoms with Gasteiger partial charge in [-0.2, -0.15) is 5.26 Å². The zero-order valence-corrected chi connectivity index (χ0v) is 12.9. The first kappa shape index (κ1) is 15.6. The van der Waals surface area contributed by atoms with Crippen LogP contribution in [0, 0.1) is 24.2 Å². The molecular formula is C14H17N3O3S. The van der Waals surface area contributed by atoms with E-state index >= 15 is 0 Å². The third kappa shape index (κ3) is 3.46. The van der Waals surface area contributed by atoms with Crippen LogP contribution in [0.5, 0.6) is 0 Å². The molecule has 0 spiro atoms. The highest BCUT2D eigenvalue weighted by Crippen LogP contribution is 2.28. The monoisotopic (exact) mass is 307 g/mol. The molecule has 1 saturated heterocycles. The molecule has 0 saturated carbocycles. The van der Waals surface area contributed by atoms with Gasteiger partial charge in [0.25, 0.3) is 0 Å². The molecule has 0 N–H and O–H groups in total. The lowest BCUT2D eigenvalue weighted by molar-refractivity contribution is -0.129. The van der Waals surface area contributed by atoms with E-state index in [0.29, 0.717) is 24.7 Å². The maximum atomic E-state index is 12.5. The number of ketones is 1. The van der Waals surface area contributed by atoms with E-state index in [1.54, 1.807) is 12.0 Å². The van der Waals surface area contributed by atoms with Gasteiger partial charge in [0.2, 0.25) is 5.91 Å². The second-order valence-electron chi connectivity index (χ2n) is 5.03. The number of nitrogens with zero attached hydrogens (tertiary/aromatic N) is 3. The van der Waals surface area contributed by atoms with E-state index in [-0.39, 0.29) is 18.1 Å². The molecule has 21 heavy (non-hydrogen) atoms. The first-order chi connectivity index (χ1) is 10.1. The number of rotatable bonds is 6. The van der Waals surface area contributed by atoms with Crippen molar-refractivity contribution in [3.05, 3.63) is 16.1 Å². The lowest BCUT2D eigenvalue weighted by Crippen LogP contribution is -2.30. The number of thiazole rings is 1. The van der Waals surface area contributed by atoms with Crippen LogP contribution >= 0.6 is 11.3 Å². The lowest BCUT2D eigenvalue weighted by atomic mass is 9.93.